The monoisotopic (exact) mass is 186 g/mol. The minimum atomic E-state index is 0.536. The van der Waals surface area contributed by atoms with E-state index in [0.29, 0.717) is 11.3 Å². The van der Waals surface area contributed by atoms with Crippen LogP contribution in [-0.2, 0) is 0 Å². The number of benzene rings is 1. The Kier molecular flexibility index (Phi) is 3.45. The summed E-state index contributed by atoms with van der Waals surface area (Å²) in [5.74, 6) is 0. The minimum Gasteiger partial charge on any atom is -0.411 e. The first-order valence-electron chi connectivity index (χ1n) is 4.13. The molecule has 0 radical (unpaired) electrons. The molecular formula is C11H10N2O. The largest absolute Gasteiger partial charge is 0.411 e. The Morgan fingerprint density at radius 1 is 1.43 bits per heavy atom. The van der Waals surface area contributed by atoms with Gasteiger partial charge >= 0.3 is 0 Å². The molecule has 1 N–H and O–H groups in total. The van der Waals surface area contributed by atoms with Gasteiger partial charge in [-0.25, -0.2) is 0 Å². The number of hydrogen-bond acceptors (Lipinski definition) is 3. The molecule has 0 aliphatic heterocycles. The Hall–Kier alpha value is -2.08. The van der Waals surface area contributed by atoms with Gasteiger partial charge in [-0.1, -0.05) is 23.4 Å². The molecule has 1 aromatic rings. The number of allylic oxidation sites excluding steroid dienone is 1. The van der Waals surface area contributed by atoms with Crippen LogP contribution in [0.2, 0.25) is 0 Å². The molecule has 0 aromatic heterocycles. The standard InChI is InChI=1S/C11H10N2O/c1-9(13-14)2-3-10-4-6-11(8-12)7-5-10/h2-7,14H,1H3/b3-2+,13-9+. The molecule has 0 saturated heterocycles. The zero-order valence-electron chi connectivity index (χ0n) is 7.81. The minimum absolute atomic E-state index is 0.536. The van der Waals surface area contributed by atoms with Crippen molar-refractivity contribution in [2.45, 2.75) is 6.92 Å². The Morgan fingerprint density at radius 3 is 2.57 bits per heavy atom. The summed E-state index contributed by atoms with van der Waals surface area (Å²) in [5.41, 5.74) is 2.14. The van der Waals surface area contributed by atoms with Crippen molar-refractivity contribution in [3.63, 3.8) is 0 Å². The highest BCUT2D eigenvalue weighted by molar-refractivity contribution is 5.95. The maximum Gasteiger partial charge on any atom is 0.0991 e. The van der Waals surface area contributed by atoms with Crippen molar-refractivity contribution >= 4 is 11.8 Å². The predicted octanol–water partition coefficient (Wildman–Crippen LogP) is 2.42. The van der Waals surface area contributed by atoms with Gasteiger partial charge < -0.3 is 5.21 Å². The SMILES string of the molecule is CC(/C=C/c1ccc(C#N)cc1)=N\O. The molecule has 0 unspecified atom stereocenters. The summed E-state index contributed by atoms with van der Waals surface area (Å²) in [6, 6.07) is 9.19. The molecule has 0 heterocycles. The molecule has 0 atom stereocenters. The van der Waals surface area contributed by atoms with Crippen LogP contribution < -0.4 is 0 Å². The third-order valence-corrected chi connectivity index (χ3v) is 1.71. The molecular weight excluding hydrogens is 176 g/mol. The average molecular weight is 186 g/mol. The van der Waals surface area contributed by atoms with Gasteiger partial charge in [0.2, 0.25) is 0 Å². The highest BCUT2D eigenvalue weighted by Crippen LogP contribution is 2.05. The van der Waals surface area contributed by atoms with Crippen molar-refractivity contribution in [1.29, 1.82) is 5.26 Å². The van der Waals surface area contributed by atoms with Crippen LogP contribution in [0.4, 0.5) is 0 Å². The average Bonchev–Trinajstić information content (AvgIpc) is 2.26. The smallest absolute Gasteiger partial charge is 0.0991 e. The van der Waals surface area contributed by atoms with Crippen molar-refractivity contribution in [2.75, 3.05) is 0 Å². The Bertz CT molecular complexity index is 396. The van der Waals surface area contributed by atoms with Gasteiger partial charge in [0.15, 0.2) is 0 Å². The highest BCUT2D eigenvalue weighted by Gasteiger charge is 1.89. The van der Waals surface area contributed by atoms with Crippen molar-refractivity contribution in [3.8, 4) is 6.07 Å². The molecule has 0 spiro atoms. The van der Waals surface area contributed by atoms with Crippen LogP contribution in [-0.4, -0.2) is 10.9 Å². The van der Waals surface area contributed by atoms with Gasteiger partial charge in [0, 0.05) is 0 Å². The zero-order valence-corrected chi connectivity index (χ0v) is 7.81. The van der Waals surface area contributed by atoms with E-state index in [2.05, 4.69) is 5.16 Å². The fourth-order valence-corrected chi connectivity index (χ4v) is 0.919. The van der Waals surface area contributed by atoms with Crippen molar-refractivity contribution in [3.05, 3.63) is 41.5 Å². The summed E-state index contributed by atoms with van der Waals surface area (Å²) in [6.07, 6.45) is 3.51. The van der Waals surface area contributed by atoms with Crippen LogP contribution in [0.1, 0.15) is 18.1 Å². The second kappa shape index (κ2) is 4.83. The zero-order chi connectivity index (χ0) is 10.4. The third-order valence-electron chi connectivity index (χ3n) is 1.71. The number of oxime groups is 1. The molecule has 1 aromatic carbocycles. The normalized spacial score (nSPS) is 11.6. The van der Waals surface area contributed by atoms with Crippen LogP contribution in [0, 0.1) is 11.3 Å². The van der Waals surface area contributed by atoms with Gasteiger partial charge in [-0.15, -0.1) is 0 Å². The van der Waals surface area contributed by atoms with Crippen LogP contribution in [0.25, 0.3) is 6.08 Å². The lowest BCUT2D eigenvalue weighted by atomic mass is 10.1. The second-order valence-electron chi connectivity index (χ2n) is 2.81. The number of rotatable bonds is 2. The maximum atomic E-state index is 8.56. The first-order chi connectivity index (χ1) is 6.76. The van der Waals surface area contributed by atoms with E-state index in [1.54, 1.807) is 25.1 Å². The second-order valence-corrected chi connectivity index (χ2v) is 2.81. The van der Waals surface area contributed by atoms with Gasteiger partial charge in [0.1, 0.15) is 0 Å². The molecule has 3 nitrogen and oxygen atoms in total. The molecule has 70 valence electrons. The summed E-state index contributed by atoms with van der Waals surface area (Å²) < 4.78 is 0. The lowest BCUT2D eigenvalue weighted by molar-refractivity contribution is 0.319. The topological polar surface area (TPSA) is 56.4 Å². The number of hydrogen-bond donors (Lipinski definition) is 1. The lowest BCUT2D eigenvalue weighted by Gasteiger charge is -1.92. The van der Waals surface area contributed by atoms with Crippen molar-refractivity contribution < 1.29 is 5.21 Å². The van der Waals surface area contributed by atoms with E-state index in [1.165, 1.54) is 0 Å². The van der Waals surface area contributed by atoms with Crippen molar-refractivity contribution in [2.24, 2.45) is 5.16 Å². The Balaban J connectivity index is 2.80. The van der Waals surface area contributed by atoms with E-state index in [1.807, 2.05) is 24.3 Å². The van der Waals surface area contributed by atoms with E-state index in [-0.39, 0.29) is 0 Å². The van der Waals surface area contributed by atoms with Crippen molar-refractivity contribution in [1.82, 2.24) is 0 Å². The fourth-order valence-electron chi connectivity index (χ4n) is 0.919. The van der Waals surface area contributed by atoms with E-state index in [4.69, 9.17) is 10.5 Å². The molecule has 0 aliphatic carbocycles. The van der Waals surface area contributed by atoms with E-state index < -0.39 is 0 Å². The predicted molar refractivity (Wildman–Crippen MR) is 55.1 cm³/mol. The first kappa shape index (κ1) is 10.0. The Morgan fingerprint density at radius 2 is 2.07 bits per heavy atom. The number of nitriles is 1. The molecule has 14 heavy (non-hydrogen) atoms. The molecule has 0 aliphatic rings. The molecule has 1 rings (SSSR count). The third kappa shape index (κ3) is 2.76. The maximum absolute atomic E-state index is 8.56. The first-order valence-corrected chi connectivity index (χ1v) is 4.13. The highest BCUT2D eigenvalue weighted by atomic mass is 16.4. The summed E-state index contributed by atoms with van der Waals surface area (Å²) in [5, 5.41) is 20.0. The molecule has 0 saturated carbocycles. The summed E-state index contributed by atoms with van der Waals surface area (Å²) in [6.45, 7) is 1.69. The Labute approximate surface area is 82.6 Å². The van der Waals surface area contributed by atoms with Gasteiger partial charge in [-0.3, -0.25) is 0 Å². The van der Waals surface area contributed by atoms with Gasteiger partial charge in [0.25, 0.3) is 0 Å². The fraction of sp³-hybridized carbons (Fsp3) is 0.0909. The van der Waals surface area contributed by atoms with Crippen LogP contribution in [0.15, 0.2) is 35.5 Å². The van der Waals surface area contributed by atoms with E-state index >= 15 is 0 Å². The molecule has 3 heteroatoms. The van der Waals surface area contributed by atoms with Gasteiger partial charge in [-0.2, -0.15) is 5.26 Å². The lowest BCUT2D eigenvalue weighted by Crippen LogP contribution is -1.82. The molecule has 0 fully saturated rings. The van der Waals surface area contributed by atoms with E-state index in [9.17, 15) is 0 Å². The summed E-state index contributed by atoms with van der Waals surface area (Å²) >= 11 is 0. The summed E-state index contributed by atoms with van der Waals surface area (Å²) in [7, 11) is 0. The van der Waals surface area contributed by atoms with Gasteiger partial charge in [0.05, 0.1) is 17.3 Å². The molecule has 0 bridgehead atoms. The quantitative estimate of drug-likeness (QED) is 0.438. The summed E-state index contributed by atoms with van der Waals surface area (Å²) in [4.78, 5) is 0. The van der Waals surface area contributed by atoms with Gasteiger partial charge in [-0.05, 0) is 30.7 Å². The van der Waals surface area contributed by atoms with E-state index in [0.717, 1.165) is 5.56 Å². The van der Waals surface area contributed by atoms with Crippen LogP contribution in [0.5, 0.6) is 0 Å². The van der Waals surface area contributed by atoms with Crippen LogP contribution >= 0.6 is 0 Å². The number of nitrogens with zero attached hydrogens (tertiary/aromatic N) is 2. The van der Waals surface area contributed by atoms with Crippen LogP contribution in [0.3, 0.4) is 0 Å². The molecule has 0 amide bonds.